The van der Waals surface area contributed by atoms with Crippen molar-refractivity contribution in [3.05, 3.63) is 120 Å². The Morgan fingerprint density at radius 1 is 0.694 bits per heavy atom. The summed E-state index contributed by atoms with van der Waals surface area (Å²) in [6, 6.07) is 25.2. The average molecular weight is 488 g/mol. The fourth-order valence-corrected chi connectivity index (χ4v) is 3.50. The van der Waals surface area contributed by atoms with E-state index in [9.17, 15) is 14.4 Å². The van der Waals surface area contributed by atoms with Gasteiger partial charge in [-0.15, -0.1) is 0 Å². The van der Waals surface area contributed by atoms with E-state index in [2.05, 4.69) is 0 Å². The van der Waals surface area contributed by atoms with Gasteiger partial charge in [-0.05, 0) is 36.4 Å². The number of methoxy groups -OCH3 is 1. The topological polar surface area (TPSA) is 97.4 Å². The average Bonchev–Trinajstić information content (AvgIpc) is 2.94. The Morgan fingerprint density at radius 2 is 1.17 bits per heavy atom. The summed E-state index contributed by atoms with van der Waals surface area (Å²) in [6.07, 6.45) is -1.88. The van der Waals surface area contributed by atoms with E-state index < -0.39 is 36.4 Å². The van der Waals surface area contributed by atoms with Crippen LogP contribution in [0.2, 0.25) is 0 Å². The highest BCUT2D eigenvalue weighted by Gasteiger charge is 2.41. The van der Waals surface area contributed by atoms with Gasteiger partial charge in [0.25, 0.3) is 0 Å². The molecule has 8 nitrogen and oxygen atoms in total. The van der Waals surface area contributed by atoms with Gasteiger partial charge in [-0.3, -0.25) is 0 Å². The summed E-state index contributed by atoms with van der Waals surface area (Å²) < 4.78 is 27.9. The minimum absolute atomic E-state index is 0.184. The Hall–Kier alpha value is -4.43. The summed E-state index contributed by atoms with van der Waals surface area (Å²) in [5, 5.41) is 0. The maximum Gasteiger partial charge on any atom is 0.338 e. The van der Waals surface area contributed by atoms with Crippen molar-refractivity contribution in [3.8, 4) is 0 Å². The van der Waals surface area contributed by atoms with Gasteiger partial charge in [-0.1, -0.05) is 54.6 Å². The lowest BCUT2D eigenvalue weighted by Gasteiger charge is -2.35. The Bertz CT molecular complexity index is 1210. The van der Waals surface area contributed by atoms with Gasteiger partial charge in [0.2, 0.25) is 12.4 Å². The molecule has 4 rings (SSSR count). The van der Waals surface area contributed by atoms with Crippen LogP contribution in [0.5, 0.6) is 0 Å². The van der Waals surface area contributed by atoms with Crippen LogP contribution in [-0.2, 0) is 23.7 Å². The normalized spacial score (nSPS) is 18.8. The molecule has 3 aromatic rings. The van der Waals surface area contributed by atoms with Gasteiger partial charge in [-0.2, -0.15) is 0 Å². The van der Waals surface area contributed by atoms with Crippen LogP contribution in [0.3, 0.4) is 0 Å². The molecule has 0 bridgehead atoms. The van der Waals surface area contributed by atoms with Gasteiger partial charge in [0, 0.05) is 13.2 Å². The second-order valence-corrected chi connectivity index (χ2v) is 7.77. The first-order valence-electron chi connectivity index (χ1n) is 11.2. The Labute approximate surface area is 208 Å². The molecule has 1 aliphatic rings. The maximum absolute atomic E-state index is 12.8. The number of esters is 3. The summed E-state index contributed by atoms with van der Waals surface area (Å²) >= 11 is 0. The van der Waals surface area contributed by atoms with Gasteiger partial charge in [-0.25, -0.2) is 14.4 Å². The summed E-state index contributed by atoms with van der Waals surface area (Å²) in [5.41, 5.74) is 1.00. The van der Waals surface area contributed by atoms with E-state index in [0.29, 0.717) is 16.7 Å². The van der Waals surface area contributed by atoms with E-state index in [1.54, 1.807) is 91.0 Å². The Balaban J connectivity index is 1.55. The molecular formula is C28H24O8. The predicted octanol–water partition coefficient (Wildman–Crippen LogP) is 4.18. The molecule has 184 valence electrons. The van der Waals surface area contributed by atoms with E-state index in [1.165, 1.54) is 13.2 Å². The molecule has 0 radical (unpaired) electrons. The van der Waals surface area contributed by atoms with E-state index in [-0.39, 0.29) is 12.4 Å². The van der Waals surface area contributed by atoms with Crippen molar-refractivity contribution in [1.82, 2.24) is 0 Å². The molecule has 0 aliphatic carbocycles. The lowest BCUT2D eigenvalue weighted by atomic mass is 10.1. The molecule has 8 heteroatoms. The molecule has 0 N–H and O–H groups in total. The molecule has 0 aromatic heterocycles. The molecule has 1 heterocycles. The molecule has 0 saturated heterocycles. The Morgan fingerprint density at radius 3 is 1.67 bits per heavy atom. The Kier molecular flexibility index (Phi) is 8.10. The SMILES string of the molecule is CO[C@@H]1OC(COC(=O)c2ccccc2)=C[C@H](OC(=O)c2ccccc2)[C@H]1OC(=O)c1ccccc1. The van der Waals surface area contributed by atoms with Crippen molar-refractivity contribution >= 4 is 17.9 Å². The van der Waals surface area contributed by atoms with Crippen molar-refractivity contribution in [2.45, 2.75) is 18.5 Å². The number of benzene rings is 3. The molecule has 0 spiro atoms. The summed E-state index contributed by atoms with van der Waals surface area (Å²) in [5.74, 6) is -1.64. The van der Waals surface area contributed by atoms with Crippen molar-refractivity contribution in [2.24, 2.45) is 0 Å². The number of hydrogen-bond donors (Lipinski definition) is 0. The van der Waals surface area contributed by atoms with E-state index in [0.717, 1.165) is 0 Å². The fraction of sp³-hybridized carbons (Fsp3) is 0.179. The highest BCUT2D eigenvalue weighted by molar-refractivity contribution is 5.91. The van der Waals surface area contributed by atoms with Crippen LogP contribution in [-0.4, -0.2) is 50.1 Å². The number of carbonyl (C=O) groups is 3. The molecule has 1 aliphatic heterocycles. The number of carbonyl (C=O) groups excluding carboxylic acids is 3. The molecule has 36 heavy (non-hydrogen) atoms. The number of rotatable bonds is 8. The first-order chi connectivity index (χ1) is 17.5. The van der Waals surface area contributed by atoms with Crippen molar-refractivity contribution in [1.29, 1.82) is 0 Å². The zero-order valence-corrected chi connectivity index (χ0v) is 19.4. The van der Waals surface area contributed by atoms with Gasteiger partial charge in [0.1, 0.15) is 12.4 Å². The van der Waals surface area contributed by atoms with Gasteiger partial charge < -0.3 is 23.7 Å². The molecule has 0 unspecified atom stereocenters. The van der Waals surface area contributed by atoms with Crippen molar-refractivity contribution in [3.63, 3.8) is 0 Å². The third kappa shape index (κ3) is 6.17. The van der Waals surface area contributed by atoms with Gasteiger partial charge in [0.05, 0.1) is 16.7 Å². The van der Waals surface area contributed by atoms with Crippen LogP contribution in [0.15, 0.2) is 103 Å². The van der Waals surface area contributed by atoms with E-state index in [1.807, 2.05) is 0 Å². The highest BCUT2D eigenvalue weighted by atomic mass is 16.7. The summed E-state index contributed by atoms with van der Waals surface area (Å²) in [6.45, 7) is -0.244. The van der Waals surface area contributed by atoms with Crippen LogP contribution >= 0.6 is 0 Å². The first kappa shape index (κ1) is 24.7. The predicted molar refractivity (Wildman–Crippen MR) is 128 cm³/mol. The number of ether oxygens (including phenoxy) is 5. The minimum atomic E-state index is -1.12. The van der Waals surface area contributed by atoms with Crippen molar-refractivity contribution < 1.29 is 38.1 Å². The van der Waals surface area contributed by atoms with Crippen LogP contribution in [0.25, 0.3) is 0 Å². The molecule has 0 saturated carbocycles. The standard InChI is InChI=1S/C28H24O8/c1-32-28-24(36-27(31)21-15-9-4-10-16-21)23(35-26(30)20-13-7-3-8-14-20)17-22(34-28)18-33-25(29)19-11-5-2-6-12-19/h2-17,23-24,28H,18H2,1H3/t23-,24+,28+/m0/s1. The lowest BCUT2D eigenvalue weighted by molar-refractivity contribution is -0.194. The molecule has 0 amide bonds. The van der Waals surface area contributed by atoms with E-state index >= 15 is 0 Å². The summed E-state index contributed by atoms with van der Waals surface area (Å²) in [4.78, 5) is 37.9. The third-order valence-electron chi connectivity index (χ3n) is 5.30. The van der Waals surface area contributed by atoms with Gasteiger partial charge >= 0.3 is 17.9 Å². The lowest BCUT2D eigenvalue weighted by Crippen LogP contribution is -2.48. The summed E-state index contributed by atoms with van der Waals surface area (Å²) in [7, 11) is 1.36. The fourth-order valence-electron chi connectivity index (χ4n) is 3.50. The molecule has 3 atom stereocenters. The zero-order chi connectivity index (χ0) is 25.3. The van der Waals surface area contributed by atoms with Gasteiger partial charge in [0.15, 0.2) is 6.10 Å². The minimum Gasteiger partial charge on any atom is -0.462 e. The number of hydrogen-bond acceptors (Lipinski definition) is 8. The zero-order valence-electron chi connectivity index (χ0n) is 19.4. The van der Waals surface area contributed by atoms with Crippen LogP contribution in [0, 0.1) is 0 Å². The maximum atomic E-state index is 12.8. The third-order valence-corrected chi connectivity index (χ3v) is 5.30. The smallest absolute Gasteiger partial charge is 0.338 e. The largest absolute Gasteiger partial charge is 0.462 e. The second-order valence-electron chi connectivity index (χ2n) is 7.77. The highest BCUT2D eigenvalue weighted by Crippen LogP contribution is 2.26. The quantitative estimate of drug-likeness (QED) is 0.344. The molecular weight excluding hydrogens is 464 g/mol. The van der Waals surface area contributed by atoms with E-state index in [4.69, 9.17) is 23.7 Å². The monoisotopic (exact) mass is 488 g/mol. The first-order valence-corrected chi connectivity index (χ1v) is 11.2. The van der Waals surface area contributed by atoms with Crippen LogP contribution < -0.4 is 0 Å². The van der Waals surface area contributed by atoms with Crippen molar-refractivity contribution in [2.75, 3.05) is 13.7 Å². The molecule has 0 fully saturated rings. The van der Waals surface area contributed by atoms with Crippen LogP contribution in [0.4, 0.5) is 0 Å². The van der Waals surface area contributed by atoms with Crippen LogP contribution in [0.1, 0.15) is 31.1 Å². The molecule has 3 aromatic carbocycles. The second kappa shape index (κ2) is 11.8.